The fourth-order valence-corrected chi connectivity index (χ4v) is 4.94. The number of carbonyl (C=O) groups excluding carboxylic acids is 2. The van der Waals surface area contributed by atoms with Gasteiger partial charge in [-0.15, -0.1) is 0 Å². The highest BCUT2D eigenvalue weighted by Crippen LogP contribution is 2.36. The van der Waals surface area contributed by atoms with Gasteiger partial charge in [0.25, 0.3) is 5.91 Å². The second-order valence-electron chi connectivity index (χ2n) is 8.98. The molecule has 2 aromatic carbocycles. The van der Waals surface area contributed by atoms with Gasteiger partial charge in [-0.05, 0) is 47.4 Å². The van der Waals surface area contributed by atoms with E-state index >= 15 is 0 Å². The van der Waals surface area contributed by atoms with E-state index in [-0.39, 0.29) is 17.9 Å². The molecule has 0 bridgehead atoms. The molecule has 1 aliphatic carbocycles. The molecule has 30 heavy (non-hydrogen) atoms. The molecular formula is C26H32N2O2. The zero-order chi connectivity index (χ0) is 21.3. The van der Waals surface area contributed by atoms with Crippen molar-refractivity contribution in [2.75, 3.05) is 0 Å². The third-order valence-electron chi connectivity index (χ3n) is 7.13. The van der Waals surface area contributed by atoms with Crippen LogP contribution in [0.15, 0.2) is 48.5 Å². The maximum absolute atomic E-state index is 13.5. The number of nitrogens with zero attached hydrogens (tertiary/aromatic N) is 1. The van der Waals surface area contributed by atoms with E-state index in [1.54, 1.807) is 4.90 Å². The number of fused-ring (bicyclic) bond motifs is 1. The molecule has 4 nitrogen and oxygen atoms in total. The van der Waals surface area contributed by atoms with Crippen LogP contribution >= 0.6 is 0 Å². The number of aryl methyl sites for hydroxylation is 1. The Kier molecular flexibility index (Phi) is 5.94. The van der Waals surface area contributed by atoms with E-state index in [9.17, 15) is 9.59 Å². The molecule has 4 heteroatoms. The van der Waals surface area contributed by atoms with Gasteiger partial charge in [0, 0.05) is 18.2 Å². The first-order valence-electron chi connectivity index (χ1n) is 11.3. The molecule has 0 saturated heterocycles. The average Bonchev–Trinajstić information content (AvgIpc) is 3.04. The summed E-state index contributed by atoms with van der Waals surface area (Å²) in [7, 11) is 0. The fourth-order valence-electron chi connectivity index (χ4n) is 4.94. The molecule has 2 aromatic rings. The number of rotatable bonds is 5. The largest absolute Gasteiger partial charge is 0.351 e. The van der Waals surface area contributed by atoms with Crippen LogP contribution in [0.25, 0.3) is 0 Å². The third-order valence-corrected chi connectivity index (χ3v) is 7.13. The zero-order valence-electron chi connectivity index (χ0n) is 18.2. The lowest BCUT2D eigenvalue weighted by molar-refractivity contribution is -0.127. The molecule has 0 radical (unpaired) electrons. The molecule has 4 atom stereocenters. The molecule has 4 unspecified atom stereocenters. The van der Waals surface area contributed by atoms with Crippen molar-refractivity contribution in [1.82, 2.24) is 10.2 Å². The van der Waals surface area contributed by atoms with Crippen LogP contribution in [-0.2, 0) is 17.8 Å². The van der Waals surface area contributed by atoms with Crippen LogP contribution < -0.4 is 5.32 Å². The normalized spacial score (nSPS) is 25.8. The minimum Gasteiger partial charge on any atom is -0.351 e. The molecule has 2 amide bonds. The van der Waals surface area contributed by atoms with E-state index in [4.69, 9.17) is 0 Å². The van der Waals surface area contributed by atoms with Gasteiger partial charge in [-0.25, -0.2) is 0 Å². The van der Waals surface area contributed by atoms with Crippen LogP contribution in [0, 0.1) is 11.8 Å². The molecule has 1 heterocycles. The number of nitrogens with one attached hydrogen (secondary N) is 1. The first kappa shape index (κ1) is 20.6. The molecule has 1 N–H and O–H groups in total. The summed E-state index contributed by atoms with van der Waals surface area (Å²) in [6.07, 6.45) is 4.36. The maximum Gasteiger partial charge on any atom is 0.255 e. The van der Waals surface area contributed by atoms with Crippen molar-refractivity contribution in [3.63, 3.8) is 0 Å². The Morgan fingerprint density at radius 3 is 2.47 bits per heavy atom. The van der Waals surface area contributed by atoms with Crippen molar-refractivity contribution in [2.24, 2.45) is 11.8 Å². The summed E-state index contributed by atoms with van der Waals surface area (Å²) in [6.45, 7) is 7.06. The average molecular weight is 405 g/mol. The third kappa shape index (κ3) is 3.88. The van der Waals surface area contributed by atoms with Crippen molar-refractivity contribution in [2.45, 2.75) is 65.1 Å². The van der Waals surface area contributed by atoms with Crippen molar-refractivity contribution < 1.29 is 9.59 Å². The van der Waals surface area contributed by atoms with E-state index in [1.807, 2.05) is 24.3 Å². The molecule has 0 aromatic heterocycles. The first-order valence-corrected chi connectivity index (χ1v) is 11.3. The quantitative estimate of drug-likeness (QED) is 0.772. The highest BCUT2D eigenvalue weighted by atomic mass is 16.2. The predicted molar refractivity (Wildman–Crippen MR) is 119 cm³/mol. The maximum atomic E-state index is 13.5. The van der Waals surface area contributed by atoms with E-state index in [1.165, 1.54) is 12.0 Å². The number of carbonyl (C=O) groups is 2. The lowest BCUT2D eigenvalue weighted by Gasteiger charge is -2.36. The standard InChI is InChI=1S/C26H32N2O2/c1-4-19-12-14-20(15-13-19)16-28-24(21-9-5-6-10-22(21)26(28)30)25(29)27-23-11-7-8-17(2)18(23)3/h5-6,9-10,12-15,17-18,23-24H,4,7-8,11,16H2,1-3H3,(H,27,29). The smallest absolute Gasteiger partial charge is 0.255 e. The lowest BCUT2D eigenvalue weighted by atomic mass is 9.78. The fraction of sp³-hybridized carbons (Fsp3) is 0.462. The number of hydrogen-bond donors (Lipinski definition) is 1. The Balaban J connectivity index is 1.59. The van der Waals surface area contributed by atoms with E-state index in [2.05, 4.69) is 50.4 Å². The van der Waals surface area contributed by atoms with Crippen LogP contribution in [0.5, 0.6) is 0 Å². The highest BCUT2D eigenvalue weighted by molar-refractivity contribution is 6.04. The zero-order valence-corrected chi connectivity index (χ0v) is 18.2. The van der Waals surface area contributed by atoms with Gasteiger partial charge in [-0.2, -0.15) is 0 Å². The van der Waals surface area contributed by atoms with E-state index in [0.29, 0.717) is 23.9 Å². The van der Waals surface area contributed by atoms with Gasteiger partial charge in [0.2, 0.25) is 5.91 Å². The number of benzene rings is 2. The Labute approximate surface area is 179 Å². The van der Waals surface area contributed by atoms with Gasteiger partial charge in [-0.1, -0.05) is 76.1 Å². The molecule has 1 saturated carbocycles. The lowest BCUT2D eigenvalue weighted by Crippen LogP contribution is -2.48. The SMILES string of the molecule is CCc1ccc(CN2C(=O)c3ccccc3C2C(=O)NC2CCCC(C)C2C)cc1. The number of hydrogen-bond acceptors (Lipinski definition) is 2. The summed E-state index contributed by atoms with van der Waals surface area (Å²) < 4.78 is 0. The van der Waals surface area contributed by atoms with Gasteiger partial charge >= 0.3 is 0 Å². The van der Waals surface area contributed by atoms with E-state index < -0.39 is 6.04 Å². The molecule has 158 valence electrons. The van der Waals surface area contributed by atoms with Crippen molar-refractivity contribution >= 4 is 11.8 Å². The topological polar surface area (TPSA) is 49.4 Å². The van der Waals surface area contributed by atoms with Crippen molar-refractivity contribution in [1.29, 1.82) is 0 Å². The summed E-state index contributed by atoms with van der Waals surface area (Å²) >= 11 is 0. The molecule has 4 rings (SSSR count). The Morgan fingerprint density at radius 1 is 1.03 bits per heavy atom. The predicted octanol–water partition coefficient (Wildman–Crippen LogP) is 4.89. The molecule has 1 aliphatic heterocycles. The second kappa shape index (κ2) is 8.63. The summed E-state index contributed by atoms with van der Waals surface area (Å²) in [5.41, 5.74) is 3.78. The summed E-state index contributed by atoms with van der Waals surface area (Å²) in [5.74, 6) is 0.944. The Hall–Kier alpha value is -2.62. The van der Waals surface area contributed by atoms with Crippen LogP contribution in [-0.4, -0.2) is 22.8 Å². The van der Waals surface area contributed by atoms with Crippen LogP contribution in [0.1, 0.15) is 73.1 Å². The molecule has 0 spiro atoms. The van der Waals surface area contributed by atoms with Gasteiger partial charge in [-0.3, -0.25) is 9.59 Å². The minimum atomic E-state index is -0.566. The second-order valence-corrected chi connectivity index (χ2v) is 8.98. The van der Waals surface area contributed by atoms with Crippen molar-refractivity contribution in [3.8, 4) is 0 Å². The van der Waals surface area contributed by atoms with Gasteiger partial charge < -0.3 is 10.2 Å². The Morgan fingerprint density at radius 2 is 1.73 bits per heavy atom. The van der Waals surface area contributed by atoms with Crippen molar-refractivity contribution in [3.05, 3.63) is 70.8 Å². The molecule has 2 aliphatic rings. The molecule has 1 fully saturated rings. The summed E-state index contributed by atoms with van der Waals surface area (Å²) in [5, 5.41) is 3.30. The summed E-state index contributed by atoms with van der Waals surface area (Å²) in [4.78, 5) is 28.4. The van der Waals surface area contributed by atoms with Crippen LogP contribution in [0.3, 0.4) is 0 Å². The van der Waals surface area contributed by atoms with Gasteiger partial charge in [0.05, 0.1) is 0 Å². The minimum absolute atomic E-state index is 0.0515. The van der Waals surface area contributed by atoms with Crippen LogP contribution in [0.4, 0.5) is 0 Å². The van der Waals surface area contributed by atoms with Crippen LogP contribution in [0.2, 0.25) is 0 Å². The monoisotopic (exact) mass is 404 g/mol. The Bertz CT molecular complexity index is 921. The first-order chi connectivity index (χ1) is 14.5. The van der Waals surface area contributed by atoms with Gasteiger partial charge in [0.15, 0.2) is 0 Å². The highest BCUT2D eigenvalue weighted by Gasteiger charge is 2.42. The number of amides is 2. The van der Waals surface area contributed by atoms with E-state index in [0.717, 1.165) is 30.4 Å². The molecular weight excluding hydrogens is 372 g/mol. The van der Waals surface area contributed by atoms with Gasteiger partial charge in [0.1, 0.15) is 6.04 Å². The summed E-state index contributed by atoms with van der Waals surface area (Å²) in [6, 6.07) is 15.5.